The minimum absolute atomic E-state index is 0.0492. The lowest BCUT2D eigenvalue weighted by atomic mass is 10.2. The van der Waals surface area contributed by atoms with E-state index in [0.29, 0.717) is 21.4 Å². The number of rotatable bonds is 8. The van der Waals surface area contributed by atoms with Gasteiger partial charge in [-0.15, -0.1) is 0 Å². The number of amides is 1. The average molecular weight is 480 g/mol. The number of hydrogen-bond acceptors (Lipinski definition) is 5. The van der Waals surface area contributed by atoms with Crippen molar-refractivity contribution in [2.24, 2.45) is 5.10 Å². The summed E-state index contributed by atoms with van der Waals surface area (Å²) in [6.45, 7) is 1.17. The summed E-state index contributed by atoms with van der Waals surface area (Å²) in [7, 11) is -4.03. The number of nitrogens with zero attached hydrogens (tertiary/aromatic N) is 2. The van der Waals surface area contributed by atoms with Crippen LogP contribution in [0.5, 0.6) is 0 Å². The number of benzene rings is 2. The van der Waals surface area contributed by atoms with Crippen LogP contribution in [0.15, 0.2) is 75.3 Å². The molecule has 10 heteroatoms. The van der Waals surface area contributed by atoms with Crippen LogP contribution in [-0.2, 0) is 21.4 Å². The van der Waals surface area contributed by atoms with Crippen LogP contribution in [0.1, 0.15) is 16.9 Å². The highest BCUT2D eigenvalue weighted by Crippen LogP contribution is 2.28. The Hall–Kier alpha value is -2.65. The summed E-state index contributed by atoms with van der Waals surface area (Å²) in [4.78, 5) is 12.5. The first-order valence-corrected chi connectivity index (χ1v) is 11.3. The Bertz CT molecular complexity index is 1160. The maximum absolute atomic E-state index is 13.3. The summed E-state index contributed by atoms with van der Waals surface area (Å²) >= 11 is 12.5. The van der Waals surface area contributed by atoms with Crippen LogP contribution < -0.4 is 5.43 Å². The monoisotopic (exact) mass is 479 g/mol. The molecule has 0 radical (unpaired) electrons. The van der Waals surface area contributed by atoms with E-state index < -0.39 is 22.5 Å². The van der Waals surface area contributed by atoms with Crippen LogP contribution in [0.3, 0.4) is 0 Å². The SMILES string of the molecule is Cc1ccc(S(=O)(=O)N(CC(=O)N/N=C\c2ccco2)Cc2c(Cl)cccc2Cl)cc1. The van der Waals surface area contributed by atoms with Crippen molar-refractivity contribution < 1.29 is 17.6 Å². The van der Waals surface area contributed by atoms with Gasteiger partial charge in [-0.25, -0.2) is 13.8 Å². The van der Waals surface area contributed by atoms with Gasteiger partial charge in [0.2, 0.25) is 10.0 Å². The third kappa shape index (κ3) is 5.95. The van der Waals surface area contributed by atoms with Gasteiger partial charge in [0.05, 0.1) is 23.9 Å². The summed E-state index contributed by atoms with van der Waals surface area (Å²) < 4.78 is 32.6. The molecule has 162 valence electrons. The van der Waals surface area contributed by atoms with Crippen LogP contribution in [0.25, 0.3) is 0 Å². The van der Waals surface area contributed by atoms with Crippen molar-refractivity contribution in [2.45, 2.75) is 18.4 Å². The first-order valence-electron chi connectivity index (χ1n) is 9.12. The van der Waals surface area contributed by atoms with Crippen molar-refractivity contribution in [3.63, 3.8) is 0 Å². The lowest BCUT2D eigenvalue weighted by molar-refractivity contribution is -0.121. The summed E-state index contributed by atoms with van der Waals surface area (Å²) in [5, 5.41) is 4.38. The van der Waals surface area contributed by atoms with E-state index in [2.05, 4.69) is 10.5 Å². The van der Waals surface area contributed by atoms with E-state index in [1.54, 1.807) is 42.5 Å². The van der Waals surface area contributed by atoms with Gasteiger partial charge in [0.1, 0.15) is 5.76 Å². The summed E-state index contributed by atoms with van der Waals surface area (Å²) in [6, 6.07) is 14.5. The topological polar surface area (TPSA) is 92.0 Å². The fraction of sp³-hybridized carbons (Fsp3) is 0.143. The van der Waals surface area contributed by atoms with Gasteiger partial charge in [-0.1, -0.05) is 47.0 Å². The standard InChI is InChI=1S/C21H19Cl2N3O4S/c1-15-7-9-17(10-8-15)31(28,29)26(13-18-19(22)5-2-6-20(18)23)14-21(27)25-24-12-16-4-3-11-30-16/h2-12H,13-14H2,1H3,(H,25,27)/b24-12-. The Kier molecular flexibility index (Phi) is 7.50. The molecule has 1 N–H and O–H groups in total. The molecule has 7 nitrogen and oxygen atoms in total. The predicted molar refractivity (Wildman–Crippen MR) is 120 cm³/mol. The second-order valence-corrected chi connectivity index (χ2v) is 9.35. The minimum atomic E-state index is -4.03. The molecule has 2 aromatic carbocycles. The van der Waals surface area contributed by atoms with Crippen molar-refractivity contribution in [3.8, 4) is 0 Å². The van der Waals surface area contributed by atoms with Gasteiger partial charge in [0.15, 0.2) is 0 Å². The first kappa shape index (κ1) is 23.0. The zero-order chi connectivity index (χ0) is 22.4. The van der Waals surface area contributed by atoms with Crippen molar-refractivity contribution in [3.05, 3.63) is 87.8 Å². The van der Waals surface area contributed by atoms with Gasteiger partial charge in [-0.2, -0.15) is 9.41 Å². The van der Waals surface area contributed by atoms with E-state index in [0.717, 1.165) is 9.87 Å². The molecule has 3 aromatic rings. The summed E-state index contributed by atoms with van der Waals surface area (Å²) in [5.41, 5.74) is 3.60. The van der Waals surface area contributed by atoms with Crippen molar-refractivity contribution in [2.75, 3.05) is 6.54 Å². The number of nitrogens with one attached hydrogen (secondary N) is 1. The molecule has 1 heterocycles. The number of sulfonamides is 1. The van der Waals surface area contributed by atoms with Gasteiger partial charge in [-0.05, 0) is 43.3 Å². The van der Waals surface area contributed by atoms with E-state index in [1.807, 2.05) is 6.92 Å². The Labute approximate surface area is 190 Å². The largest absolute Gasteiger partial charge is 0.463 e. The molecule has 0 aliphatic heterocycles. The van der Waals surface area contributed by atoms with Gasteiger partial charge in [0, 0.05) is 22.2 Å². The number of aryl methyl sites for hydroxylation is 1. The molecule has 1 aromatic heterocycles. The molecule has 0 atom stereocenters. The van der Waals surface area contributed by atoms with Crippen LogP contribution >= 0.6 is 23.2 Å². The molecular formula is C21H19Cl2N3O4S. The maximum atomic E-state index is 13.3. The van der Waals surface area contributed by atoms with Crippen LogP contribution in [-0.4, -0.2) is 31.4 Å². The van der Waals surface area contributed by atoms with E-state index in [-0.39, 0.29) is 11.4 Å². The molecule has 3 rings (SSSR count). The third-order valence-electron chi connectivity index (χ3n) is 4.30. The first-order chi connectivity index (χ1) is 14.8. The molecular weight excluding hydrogens is 461 g/mol. The van der Waals surface area contributed by atoms with Crippen LogP contribution in [0, 0.1) is 6.92 Å². The highest BCUT2D eigenvalue weighted by Gasteiger charge is 2.28. The molecule has 0 fully saturated rings. The van der Waals surface area contributed by atoms with E-state index in [9.17, 15) is 13.2 Å². The fourth-order valence-corrected chi connectivity index (χ4v) is 4.55. The maximum Gasteiger partial charge on any atom is 0.255 e. The number of halogens is 2. The highest BCUT2D eigenvalue weighted by atomic mass is 35.5. The van der Waals surface area contributed by atoms with Gasteiger partial charge in [-0.3, -0.25) is 4.79 Å². The highest BCUT2D eigenvalue weighted by molar-refractivity contribution is 7.89. The van der Waals surface area contributed by atoms with Crippen molar-refractivity contribution >= 4 is 45.3 Å². The second-order valence-electron chi connectivity index (χ2n) is 6.59. The van der Waals surface area contributed by atoms with E-state index in [4.69, 9.17) is 27.6 Å². The Morgan fingerprint density at radius 3 is 2.39 bits per heavy atom. The number of carbonyl (C=O) groups excluding carboxylic acids is 1. The predicted octanol–water partition coefficient (Wildman–Crippen LogP) is 4.24. The second kappa shape index (κ2) is 10.1. The van der Waals surface area contributed by atoms with Crippen LogP contribution in [0.4, 0.5) is 0 Å². The van der Waals surface area contributed by atoms with E-state index >= 15 is 0 Å². The fourth-order valence-electron chi connectivity index (χ4n) is 2.67. The zero-order valence-corrected chi connectivity index (χ0v) is 18.8. The molecule has 0 bridgehead atoms. The molecule has 0 spiro atoms. The van der Waals surface area contributed by atoms with Gasteiger partial charge >= 0.3 is 0 Å². The Morgan fingerprint density at radius 1 is 1.10 bits per heavy atom. The van der Waals surface area contributed by atoms with Crippen molar-refractivity contribution in [1.82, 2.24) is 9.73 Å². The average Bonchev–Trinajstić information content (AvgIpc) is 3.24. The molecule has 0 saturated heterocycles. The Morgan fingerprint density at radius 2 is 1.77 bits per heavy atom. The number of hydrogen-bond donors (Lipinski definition) is 1. The normalized spacial score (nSPS) is 11.9. The summed E-state index contributed by atoms with van der Waals surface area (Å²) in [6.07, 6.45) is 2.77. The van der Waals surface area contributed by atoms with Gasteiger partial charge in [0.25, 0.3) is 5.91 Å². The smallest absolute Gasteiger partial charge is 0.255 e. The molecule has 1 amide bonds. The number of carbonyl (C=O) groups is 1. The lowest BCUT2D eigenvalue weighted by Crippen LogP contribution is -2.39. The third-order valence-corrected chi connectivity index (χ3v) is 6.81. The van der Waals surface area contributed by atoms with Gasteiger partial charge < -0.3 is 4.42 Å². The molecule has 0 saturated carbocycles. The molecule has 0 aliphatic rings. The van der Waals surface area contributed by atoms with E-state index in [1.165, 1.54) is 24.6 Å². The molecule has 0 aliphatic carbocycles. The number of hydrazone groups is 1. The zero-order valence-electron chi connectivity index (χ0n) is 16.5. The van der Waals surface area contributed by atoms with Crippen molar-refractivity contribution in [1.29, 1.82) is 0 Å². The Balaban J connectivity index is 1.86. The number of furan rings is 1. The van der Waals surface area contributed by atoms with Crippen LogP contribution in [0.2, 0.25) is 10.0 Å². The summed E-state index contributed by atoms with van der Waals surface area (Å²) in [5.74, 6) is -0.200. The molecule has 31 heavy (non-hydrogen) atoms. The molecule has 0 unspecified atom stereocenters. The minimum Gasteiger partial charge on any atom is -0.463 e. The quantitative estimate of drug-likeness (QED) is 0.386. The lowest BCUT2D eigenvalue weighted by Gasteiger charge is -2.22.